The molecular formula is C14H16ClN3O3S2. The summed E-state index contributed by atoms with van der Waals surface area (Å²) < 4.78 is 25.7. The third-order valence-corrected chi connectivity index (χ3v) is 6.54. The number of rotatable bonds is 3. The SMILES string of the molecule is Cc1c(Cl)ccc2sc(NC(=O)C3CCCN3S(C)(=O)=O)nc12. The van der Waals surface area contributed by atoms with Gasteiger partial charge >= 0.3 is 0 Å². The number of hydrogen-bond acceptors (Lipinski definition) is 5. The second-order valence-corrected chi connectivity index (χ2v) is 8.93. The fraction of sp³-hybridized carbons (Fsp3) is 0.429. The molecular weight excluding hydrogens is 358 g/mol. The van der Waals surface area contributed by atoms with Crippen molar-refractivity contribution >= 4 is 54.2 Å². The Kier molecular flexibility index (Phi) is 4.35. The van der Waals surface area contributed by atoms with Crippen molar-refractivity contribution in [2.45, 2.75) is 25.8 Å². The molecule has 0 spiro atoms. The van der Waals surface area contributed by atoms with E-state index in [1.54, 1.807) is 6.07 Å². The molecule has 3 rings (SSSR count). The monoisotopic (exact) mass is 373 g/mol. The molecule has 1 saturated heterocycles. The highest BCUT2D eigenvalue weighted by Crippen LogP contribution is 2.32. The van der Waals surface area contributed by atoms with Gasteiger partial charge in [0.25, 0.3) is 0 Å². The first-order valence-electron chi connectivity index (χ1n) is 7.10. The second kappa shape index (κ2) is 6.01. The number of halogens is 1. The fourth-order valence-electron chi connectivity index (χ4n) is 2.74. The summed E-state index contributed by atoms with van der Waals surface area (Å²) in [5.74, 6) is -0.337. The third kappa shape index (κ3) is 3.21. The van der Waals surface area contributed by atoms with E-state index in [1.165, 1.54) is 15.6 Å². The first kappa shape index (κ1) is 16.6. The summed E-state index contributed by atoms with van der Waals surface area (Å²) in [6, 6.07) is 2.99. The molecule has 0 aliphatic carbocycles. The van der Waals surface area contributed by atoms with E-state index in [-0.39, 0.29) is 5.91 Å². The minimum Gasteiger partial charge on any atom is -0.301 e. The number of aromatic nitrogens is 1. The number of aryl methyl sites for hydroxylation is 1. The predicted octanol–water partition coefficient (Wildman–Crippen LogP) is 2.62. The smallest absolute Gasteiger partial charge is 0.244 e. The van der Waals surface area contributed by atoms with E-state index in [4.69, 9.17) is 11.6 Å². The molecule has 1 aromatic heterocycles. The molecule has 2 aromatic rings. The summed E-state index contributed by atoms with van der Waals surface area (Å²) in [6.07, 6.45) is 2.33. The maximum absolute atomic E-state index is 12.4. The van der Waals surface area contributed by atoms with Crippen LogP contribution in [0.2, 0.25) is 5.02 Å². The van der Waals surface area contributed by atoms with Crippen LogP contribution in [0.5, 0.6) is 0 Å². The molecule has 1 aliphatic rings. The first-order chi connectivity index (χ1) is 10.8. The molecule has 1 N–H and O–H groups in total. The van der Waals surface area contributed by atoms with Crippen molar-refractivity contribution in [2.75, 3.05) is 18.1 Å². The second-order valence-electron chi connectivity index (χ2n) is 5.56. The Morgan fingerprint density at radius 2 is 2.22 bits per heavy atom. The van der Waals surface area contributed by atoms with Gasteiger partial charge in [0.05, 0.1) is 16.5 Å². The van der Waals surface area contributed by atoms with Crippen LogP contribution >= 0.6 is 22.9 Å². The van der Waals surface area contributed by atoms with Gasteiger partial charge in [-0.15, -0.1) is 0 Å². The van der Waals surface area contributed by atoms with Crippen molar-refractivity contribution in [3.8, 4) is 0 Å². The van der Waals surface area contributed by atoms with Gasteiger partial charge in [-0.05, 0) is 37.5 Å². The standard InChI is InChI=1S/C14H16ClN3O3S2/c1-8-9(15)5-6-11-12(8)16-14(22-11)17-13(19)10-4-3-7-18(10)23(2,20)21/h5-6,10H,3-4,7H2,1-2H3,(H,16,17,19). The van der Waals surface area contributed by atoms with E-state index in [0.717, 1.165) is 22.0 Å². The summed E-state index contributed by atoms with van der Waals surface area (Å²) in [6.45, 7) is 2.25. The van der Waals surface area contributed by atoms with Crippen molar-refractivity contribution in [3.63, 3.8) is 0 Å². The summed E-state index contributed by atoms with van der Waals surface area (Å²) in [4.78, 5) is 16.8. The van der Waals surface area contributed by atoms with Crippen molar-refractivity contribution < 1.29 is 13.2 Å². The highest BCUT2D eigenvalue weighted by molar-refractivity contribution is 7.88. The molecule has 1 unspecified atom stereocenters. The largest absolute Gasteiger partial charge is 0.301 e. The molecule has 1 aromatic carbocycles. The number of nitrogens with zero attached hydrogens (tertiary/aromatic N) is 2. The minimum absolute atomic E-state index is 0.337. The Bertz CT molecular complexity index is 879. The van der Waals surface area contributed by atoms with E-state index >= 15 is 0 Å². The van der Waals surface area contributed by atoms with Crippen LogP contribution in [0.15, 0.2) is 12.1 Å². The average molecular weight is 374 g/mol. The molecule has 6 nitrogen and oxygen atoms in total. The Balaban J connectivity index is 1.84. The summed E-state index contributed by atoms with van der Waals surface area (Å²) in [5, 5.41) is 3.82. The number of fused-ring (bicyclic) bond motifs is 1. The topological polar surface area (TPSA) is 79.4 Å². The van der Waals surface area contributed by atoms with Gasteiger partial charge in [0, 0.05) is 11.6 Å². The lowest BCUT2D eigenvalue weighted by molar-refractivity contribution is -0.119. The number of amides is 1. The van der Waals surface area contributed by atoms with Crippen molar-refractivity contribution in [3.05, 3.63) is 22.7 Å². The van der Waals surface area contributed by atoms with E-state index in [2.05, 4.69) is 10.3 Å². The number of anilines is 1. The number of benzene rings is 1. The fourth-order valence-corrected chi connectivity index (χ4v) is 4.95. The van der Waals surface area contributed by atoms with Crippen molar-refractivity contribution in [2.24, 2.45) is 0 Å². The number of hydrogen-bond donors (Lipinski definition) is 1. The number of nitrogens with one attached hydrogen (secondary N) is 1. The predicted molar refractivity (Wildman–Crippen MR) is 92.6 cm³/mol. The zero-order valence-corrected chi connectivity index (χ0v) is 15.1. The highest BCUT2D eigenvalue weighted by Gasteiger charge is 2.36. The zero-order valence-electron chi connectivity index (χ0n) is 12.7. The van der Waals surface area contributed by atoms with Gasteiger partial charge in [0.15, 0.2) is 5.13 Å². The molecule has 1 aliphatic heterocycles. The van der Waals surface area contributed by atoms with Crippen LogP contribution in [0, 0.1) is 6.92 Å². The highest BCUT2D eigenvalue weighted by atomic mass is 35.5. The zero-order chi connectivity index (χ0) is 16.8. The molecule has 23 heavy (non-hydrogen) atoms. The number of carbonyl (C=O) groups is 1. The van der Waals surface area contributed by atoms with Crippen LogP contribution < -0.4 is 5.32 Å². The maximum atomic E-state index is 12.4. The lowest BCUT2D eigenvalue weighted by atomic mass is 10.2. The van der Waals surface area contributed by atoms with E-state index in [1.807, 2.05) is 13.0 Å². The van der Waals surface area contributed by atoms with Crippen LogP contribution in [-0.2, 0) is 14.8 Å². The Morgan fingerprint density at radius 3 is 2.91 bits per heavy atom. The van der Waals surface area contributed by atoms with E-state index in [9.17, 15) is 13.2 Å². The first-order valence-corrected chi connectivity index (χ1v) is 10.1. The van der Waals surface area contributed by atoms with E-state index in [0.29, 0.717) is 29.5 Å². The molecule has 124 valence electrons. The number of sulfonamides is 1. The van der Waals surface area contributed by atoms with Crippen LogP contribution in [0.1, 0.15) is 18.4 Å². The van der Waals surface area contributed by atoms with Gasteiger partial charge in [-0.25, -0.2) is 13.4 Å². The summed E-state index contributed by atoms with van der Waals surface area (Å²) >= 11 is 7.43. The molecule has 1 fully saturated rings. The molecule has 9 heteroatoms. The van der Waals surface area contributed by atoms with Crippen LogP contribution in [0.3, 0.4) is 0 Å². The van der Waals surface area contributed by atoms with Crippen LogP contribution in [0.25, 0.3) is 10.2 Å². The van der Waals surface area contributed by atoms with Gasteiger partial charge < -0.3 is 5.32 Å². The summed E-state index contributed by atoms with van der Waals surface area (Å²) in [5.41, 5.74) is 1.61. The van der Waals surface area contributed by atoms with Gasteiger partial charge in [-0.2, -0.15) is 4.31 Å². The Labute approximate surface area is 143 Å². The molecule has 1 atom stereocenters. The van der Waals surface area contributed by atoms with E-state index < -0.39 is 16.1 Å². The molecule has 0 bridgehead atoms. The average Bonchev–Trinajstić information content (AvgIpc) is 3.09. The van der Waals surface area contributed by atoms with Gasteiger partial charge in [0.1, 0.15) is 6.04 Å². The number of thiazole rings is 1. The Morgan fingerprint density at radius 1 is 1.48 bits per heavy atom. The van der Waals surface area contributed by atoms with Crippen molar-refractivity contribution in [1.82, 2.24) is 9.29 Å². The maximum Gasteiger partial charge on any atom is 0.244 e. The van der Waals surface area contributed by atoms with Crippen molar-refractivity contribution in [1.29, 1.82) is 0 Å². The molecule has 0 saturated carbocycles. The van der Waals surface area contributed by atoms with Gasteiger partial charge in [0.2, 0.25) is 15.9 Å². The normalized spacial score (nSPS) is 19.3. The lowest BCUT2D eigenvalue weighted by Gasteiger charge is -2.20. The quantitative estimate of drug-likeness (QED) is 0.896. The van der Waals surface area contributed by atoms with Gasteiger partial charge in [-0.1, -0.05) is 22.9 Å². The molecule has 1 amide bonds. The van der Waals surface area contributed by atoms with Crippen LogP contribution in [-0.4, -0.2) is 42.5 Å². The third-order valence-electron chi connectivity index (χ3n) is 3.91. The lowest BCUT2D eigenvalue weighted by Crippen LogP contribution is -2.42. The molecule has 0 radical (unpaired) electrons. The molecule has 2 heterocycles. The number of carbonyl (C=O) groups excluding carboxylic acids is 1. The Hall–Kier alpha value is -1.22. The minimum atomic E-state index is -3.39. The summed E-state index contributed by atoms with van der Waals surface area (Å²) in [7, 11) is -3.39. The van der Waals surface area contributed by atoms with Gasteiger partial charge in [-0.3, -0.25) is 4.79 Å². The van der Waals surface area contributed by atoms with Crippen LogP contribution in [0.4, 0.5) is 5.13 Å².